The van der Waals surface area contributed by atoms with Crippen molar-refractivity contribution in [1.29, 1.82) is 0 Å². The third-order valence-corrected chi connectivity index (χ3v) is 7.22. The predicted octanol–water partition coefficient (Wildman–Crippen LogP) is 6.77. The van der Waals surface area contributed by atoms with Gasteiger partial charge in [0.1, 0.15) is 23.9 Å². The quantitative estimate of drug-likeness (QED) is 0.0939. The van der Waals surface area contributed by atoms with E-state index in [1.54, 1.807) is 48.8 Å². The number of carbonyl (C=O) groups is 2. The van der Waals surface area contributed by atoms with E-state index in [9.17, 15) is 14.7 Å². The van der Waals surface area contributed by atoms with Crippen molar-refractivity contribution in [1.82, 2.24) is 9.88 Å². The molecule has 1 atom stereocenters. The fourth-order valence-electron chi connectivity index (χ4n) is 4.99. The molecule has 1 aromatic heterocycles. The molecule has 4 aromatic rings. The number of aliphatic hydroxyl groups is 1. The van der Waals surface area contributed by atoms with Gasteiger partial charge in [0.15, 0.2) is 0 Å². The minimum atomic E-state index is -0.778. The van der Waals surface area contributed by atoms with Crippen molar-refractivity contribution in [3.05, 3.63) is 131 Å². The van der Waals surface area contributed by atoms with E-state index in [1.807, 2.05) is 49.4 Å². The van der Waals surface area contributed by atoms with E-state index in [0.717, 1.165) is 29.5 Å². The molecule has 1 N–H and O–H groups in total. The van der Waals surface area contributed by atoms with Crippen LogP contribution in [0.2, 0.25) is 0 Å². The lowest BCUT2D eigenvalue weighted by atomic mass is 9.95. The van der Waals surface area contributed by atoms with E-state index in [0.29, 0.717) is 35.8 Å². The number of unbranched alkanes of at least 4 members (excludes halogenated alkanes) is 1. The molecular formula is C35H34N2O5. The van der Waals surface area contributed by atoms with Crippen LogP contribution in [-0.2, 0) is 22.7 Å². The van der Waals surface area contributed by atoms with Crippen LogP contribution < -0.4 is 9.47 Å². The Morgan fingerprint density at radius 3 is 2.26 bits per heavy atom. The van der Waals surface area contributed by atoms with Crippen LogP contribution in [0.25, 0.3) is 5.76 Å². The molecule has 3 aromatic carbocycles. The summed E-state index contributed by atoms with van der Waals surface area (Å²) in [7, 11) is 0. The Hall–Kier alpha value is -4.91. The number of aryl methyl sites for hydroxylation is 1. The van der Waals surface area contributed by atoms with E-state index in [4.69, 9.17) is 9.47 Å². The SMILES string of the molecule is CCCCOc1ccc(C2/C(=C(\O)c3ccc(OCc4cccc(C)c4)cc3)C(=O)C(=O)N2Cc2ccncc2)cc1. The molecule has 0 bridgehead atoms. The smallest absolute Gasteiger partial charge is 0.295 e. The van der Waals surface area contributed by atoms with Gasteiger partial charge in [-0.15, -0.1) is 0 Å². The molecule has 1 fully saturated rings. The van der Waals surface area contributed by atoms with E-state index in [1.165, 1.54) is 4.90 Å². The second-order valence-corrected chi connectivity index (χ2v) is 10.4. The summed E-state index contributed by atoms with van der Waals surface area (Å²) < 4.78 is 11.7. The van der Waals surface area contributed by atoms with Crippen molar-refractivity contribution in [2.24, 2.45) is 0 Å². The van der Waals surface area contributed by atoms with Gasteiger partial charge in [-0.3, -0.25) is 14.6 Å². The Bertz CT molecular complexity index is 1560. The molecule has 1 amide bonds. The van der Waals surface area contributed by atoms with Gasteiger partial charge in [-0.1, -0.05) is 55.3 Å². The standard InChI is InChI=1S/C35H34N2O5/c1-3-4-20-41-29-12-8-27(9-13-29)32-31(34(39)35(40)37(32)22-25-16-18-36-19-17-25)33(38)28-10-14-30(15-11-28)42-23-26-7-5-6-24(2)21-26/h5-19,21,32,38H,3-4,20,22-23H2,1-2H3/b33-31+. The molecule has 214 valence electrons. The molecule has 0 aliphatic carbocycles. The van der Waals surface area contributed by atoms with E-state index >= 15 is 0 Å². The number of ether oxygens (including phenoxy) is 2. The summed E-state index contributed by atoms with van der Waals surface area (Å²) in [6.07, 6.45) is 5.27. The van der Waals surface area contributed by atoms with Gasteiger partial charge < -0.3 is 19.5 Å². The first-order valence-electron chi connectivity index (χ1n) is 14.1. The molecule has 1 saturated heterocycles. The van der Waals surface area contributed by atoms with Gasteiger partial charge in [0.05, 0.1) is 18.2 Å². The summed E-state index contributed by atoms with van der Waals surface area (Å²) in [5.74, 6) is -0.292. The van der Waals surface area contributed by atoms with Gasteiger partial charge in [-0.2, -0.15) is 0 Å². The molecule has 2 heterocycles. The molecule has 42 heavy (non-hydrogen) atoms. The average molecular weight is 563 g/mol. The zero-order valence-electron chi connectivity index (χ0n) is 23.8. The minimum absolute atomic E-state index is 0.0436. The van der Waals surface area contributed by atoms with Crippen LogP contribution in [0.5, 0.6) is 11.5 Å². The molecule has 1 aliphatic rings. The fourth-order valence-corrected chi connectivity index (χ4v) is 4.99. The molecule has 5 rings (SSSR count). The fraction of sp³-hybridized carbons (Fsp3) is 0.229. The number of amides is 1. The number of pyridine rings is 1. The Labute approximate surface area is 246 Å². The van der Waals surface area contributed by atoms with Crippen molar-refractivity contribution in [2.45, 2.75) is 45.9 Å². The van der Waals surface area contributed by atoms with E-state index in [-0.39, 0.29) is 17.9 Å². The number of likely N-dealkylation sites (tertiary alicyclic amines) is 1. The molecule has 7 heteroatoms. The summed E-state index contributed by atoms with van der Waals surface area (Å²) in [6, 6.07) is 25.1. The first kappa shape index (κ1) is 28.6. The number of benzene rings is 3. The predicted molar refractivity (Wildman–Crippen MR) is 161 cm³/mol. The first-order valence-corrected chi connectivity index (χ1v) is 14.1. The van der Waals surface area contributed by atoms with Crippen LogP contribution in [-0.4, -0.2) is 33.3 Å². The van der Waals surface area contributed by atoms with Crippen molar-refractivity contribution >= 4 is 17.4 Å². The average Bonchev–Trinajstić information content (AvgIpc) is 3.26. The highest BCUT2D eigenvalue weighted by Gasteiger charge is 2.46. The van der Waals surface area contributed by atoms with Gasteiger partial charge in [0, 0.05) is 24.5 Å². The summed E-state index contributed by atoms with van der Waals surface area (Å²) in [6.45, 7) is 5.34. The second kappa shape index (κ2) is 13.2. The molecule has 0 spiro atoms. The molecule has 1 aliphatic heterocycles. The lowest BCUT2D eigenvalue weighted by Crippen LogP contribution is -2.29. The number of hydrogen-bond acceptors (Lipinski definition) is 6. The monoisotopic (exact) mass is 562 g/mol. The molecule has 0 saturated carbocycles. The Morgan fingerprint density at radius 2 is 1.57 bits per heavy atom. The van der Waals surface area contributed by atoms with Crippen LogP contribution in [0.1, 0.15) is 53.6 Å². The number of Topliss-reactive ketones (excluding diaryl/α,β-unsaturated/α-hetero) is 1. The van der Waals surface area contributed by atoms with Gasteiger partial charge in [-0.05, 0) is 78.6 Å². The van der Waals surface area contributed by atoms with Crippen LogP contribution >= 0.6 is 0 Å². The first-order chi connectivity index (χ1) is 20.4. The van der Waals surface area contributed by atoms with Crippen LogP contribution in [0.3, 0.4) is 0 Å². The summed E-state index contributed by atoms with van der Waals surface area (Å²) >= 11 is 0. The number of carbonyl (C=O) groups excluding carboxylic acids is 2. The summed E-state index contributed by atoms with van der Waals surface area (Å²) in [5.41, 5.74) is 4.20. The van der Waals surface area contributed by atoms with Crippen molar-refractivity contribution < 1.29 is 24.2 Å². The van der Waals surface area contributed by atoms with Crippen molar-refractivity contribution in [2.75, 3.05) is 6.61 Å². The third kappa shape index (κ3) is 6.52. The Morgan fingerprint density at radius 1 is 0.881 bits per heavy atom. The van der Waals surface area contributed by atoms with Gasteiger partial charge >= 0.3 is 0 Å². The van der Waals surface area contributed by atoms with Crippen LogP contribution in [0, 0.1) is 6.92 Å². The Balaban J connectivity index is 1.45. The second-order valence-electron chi connectivity index (χ2n) is 10.4. The van der Waals surface area contributed by atoms with E-state index < -0.39 is 17.7 Å². The molecule has 0 radical (unpaired) electrons. The largest absolute Gasteiger partial charge is 0.507 e. The normalized spacial score (nSPS) is 16.0. The molecule has 1 unspecified atom stereocenters. The molecule has 7 nitrogen and oxygen atoms in total. The number of hydrogen-bond donors (Lipinski definition) is 1. The number of nitrogens with zero attached hydrogens (tertiary/aromatic N) is 2. The van der Waals surface area contributed by atoms with Gasteiger partial charge in [0.25, 0.3) is 11.7 Å². The van der Waals surface area contributed by atoms with Crippen LogP contribution in [0.4, 0.5) is 0 Å². The Kier molecular flexibility index (Phi) is 8.97. The summed E-state index contributed by atoms with van der Waals surface area (Å²) in [5, 5.41) is 11.5. The lowest BCUT2D eigenvalue weighted by molar-refractivity contribution is -0.140. The lowest BCUT2D eigenvalue weighted by Gasteiger charge is -2.25. The maximum absolute atomic E-state index is 13.4. The zero-order chi connectivity index (χ0) is 29.5. The maximum Gasteiger partial charge on any atom is 0.295 e. The van der Waals surface area contributed by atoms with Crippen LogP contribution in [0.15, 0.2) is 103 Å². The number of aliphatic hydroxyl groups excluding tert-OH is 1. The number of ketones is 1. The minimum Gasteiger partial charge on any atom is -0.507 e. The highest BCUT2D eigenvalue weighted by molar-refractivity contribution is 6.46. The van der Waals surface area contributed by atoms with Gasteiger partial charge in [-0.25, -0.2) is 0 Å². The number of aromatic nitrogens is 1. The summed E-state index contributed by atoms with van der Waals surface area (Å²) in [4.78, 5) is 32.3. The van der Waals surface area contributed by atoms with Crippen molar-refractivity contribution in [3.63, 3.8) is 0 Å². The maximum atomic E-state index is 13.4. The highest BCUT2D eigenvalue weighted by Crippen LogP contribution is 2.41. The topological polar surface area (TPSA) is 89.0 Å². The number of rotatable bonds is 11. The molecular weight excluding hydrogens is 528 g/mol. The highest BCUT2D eigenvalue weighted by atomic mass is 16.5. The third-order valence-electron chi connectivity index (χ3n) is 7.22. The van der Waals surface area contributed by atoms with E-state index in [2.05, 4.69) is 18.0 Å². The van der Waals surface area contributed by atoms with Crippen molar-refractivity contribution in [3.8, 4) is 11.5 Å². The zero-order valence-corrected chi connectivity index (χ0v) is 23.8. The van der Waals surface area contributed by atoms with Gasteiger partial charge in [0.2, 0.25) is 0 Å².